The predicted molar refractivity (Wildman–Crippen MR) is 79.1 cm³/mol. The Morgan fingerprint density at radius 1 is 1.12 bits per heavy atom. The van der Waals surface area contributed by atoms with Gasteiger partial charge in [0, 0.05) is 19.5 Å². The molecule has 0 unspecified atom stereocenters. The Bertz CT molecular complexity index is 166. The van der Waals surface area contributed by atoms with Crippen LogP contribution in [0.4, 0.5) is 0 Å². The number of rotatable bonds is 4. The Balaban J connectivity index is 0.000000673. The summed E-state index contributed by atoms with van der Waals surface area (Å²) in [5, 5.41) is 0. The van der Waals surface area contributed by atoms with Crippen LogP contribution in [-0.4, -0.2) is 31.6 Å². The molecule has 2 atom stereocenters. The third kappa shape index (κ3) is 7.43. The van der Waals surface area contributed by atoms with E-state index in [-0.39, 0.29) is 18.5 Å². The van der Waals surface area contributed by atoms with E-state index in [1.54, 1.807) is 0 Å². The van der Waals surface area contributed by atoms with Gasteiger partial charge in [-0.1, -0.05) is 13.8 Å². The molecule has 1 rings (SSSR count). The Labute approximate surface area is 127 Å². The average Bonchev–Trinajstić information content (AvgIpc) is 2.60. The molecule has 0 saturated carbocycles. The van der Waals surface area contributed by atoms with E-state index >= 15 is 0 Å². The first-order valence-electron chi connectivity index (χ1n) is 5.12. The Morgan fingerprint density at radius 2 is 1.50 bits per heavy atom. The van der Waals surface area contributed by atoms with Gasteiger partial charge in [-0.25, -0.2) is 0 Å². The van der Waals surface area contributed by atoms with Crippen LogP contribution in [0.25, 0.3) is 0 Å². The van der Waals surface area contributed by atoms with E-state index in [1.165, 1.54) is 0 Å². The van der Waals surface area contributed by atoms with Gasteiger partial charge in [-0.15, -0.1) is 0 Å². The van der Waals surface area contributed by atoms with Gasteiger partial charge in [0.15, 0.2) is 6.29 Å². The van der Waals surface area contributed by atoms with E-state index in [1.807, 2.05) is 0 Å². The van der Waals surface area contributed by atoms with Crippen molar-refractivity contribution in [3.8, 4) is 0 Å². The van der Waals surface area contributed by atoms with Crippen LogP contribution in [0.1, 0.15) is 20.3 Å². The van der Waals surface area contributed by atoms with Crippen molar-refractivity contribution in [1.29, 1.82) is 0 Å². The summed E-state index contributed by atoms with van der Waals surface area (Å²) in [5.41, 5.74) is 11.1. The molecule has 0 aliphatic carbocycles. The molecule has 0 spiro atoms. The van der Waals surface area contributed by atoms with E-state index in [9.17, 15) is 0 Å². The summed E-state index contributed by atoms with van der Waals surface area (Å²) in [6, 6.07) is 0. The first-order chi connectivity index (χ1) is 7.58. The van der Waals surface area contributed by atoms with Crippen LogP contribution in [-0.2, 0) is 20.7 Å². The fraction of sp³-hybridized carbons (Fsp3) is 1.00. The SMILES string of the molecule is CC(C)CC1O[C@H](CN)[C@@H](CN)O1.[I][Pt][I]. The molecule has 1 fully saturated rings. The molecule has 1 heterocycles. The van der Waals surface area contributed by atoms with Crippen LogP contribution < -0.4 is 11.5 Å². The van der Waals surface area contributed by atoms with Gasteiger partial charge in [-0.05, 0) is 5.92 Å². The van der Waals surface area contributed by atoms with Gasteiger partial charge in [-0.3, -0.25) is 0 Å². The number of halogens is 2. The Hall–Kier alpha value is 1.99. The van der Waals surface area contributed by atoms with Crippen LogP contribution in [0.2, 0.25) is 0 Å². The van der Waals surface area contributed by atoms with Crippen LogP contribution in [0.3, 0.4) is 0 Å². The molecule has 16 heavy (non-hydrogen) atoms. The molecule has 0 bridgehead atoms. The number of hydrogen-bond donors (Lipinski definition) is 2. The van der Waals surface area contributed by atoms with Crippen LogP contribution in [0, 0.1) is 5.92 Å². The van der Waals surface area contributed by atoms with Crippen molar-refractivity contribution in [2.75, 3.05) is 13.1 Å². The predicted octanol–water partition coefficient (Wildman–Crippen LogP) is 1.83. The third-order valence-corrected chi connectivity index (χ3v) is 2.20. The zero-order valence-corrected chi connectivity index (χ0v) is 16.1. The molecule has 0 aromatic rings. The summed E-state index contributed by atoms with van der Waals surface area (Å²) in [5.74, 6) is 0.569. The first-order valence-corrected chi connectivity index (χ1v) is 18.0. The fourth-order valence-electron chi connectivity index (χ4n) is 1.51. The van der Waals surface area contributed by atoms with Crippen molar-refractivity contribution in [2.45, 2.75) is 38.8 Å². The summed E-state index contributed by atoms with van der Waals surface area (Å²) >= 11 is 5.30. The molecule has 1 aliphatic heterocycles. The van der Waals surface area contributed by atoms with Crippen LogP contribution >= 0.6 is 38.7 Å². The molecule has 1 saturated heterocycles. The van der Waals surface area contributed by atoms with Gasteiger partial charge in [0.1, 0.15) is 12.2 Å². The summed E-state index contributed by atoms with van der Waals surface area (Å²) in [6.45, 7) is 5.24. The van der Waals surface area contributed by atoms with Crippen molar-refractivity contribution in [2.24, 2.45) is 17.4 Å². The second-order valence-corrected chi connectivity index (χ2v) is 20.5. The van der Waals surface area contributed by atoms with Crippen molar-refractivity contribution < 1.29 is 20.7 Å². The fourth-order valence-corrected chi connectivity index (χ4v) is 1.51. The van der Waals surface area contributed by atoms with E-state index in [2.05, 4.69) is 52.6 Å². The van der Waals surface area contributed by atoms with E-state index in [0.717, 1.165) is 6.42 Å². The number of ether oxygens (including phenoxy) is 2. The number of nitrogens with two attached hydrogens (primary N) is 2. The maximum atomic E-state index is 5.60. The second kappa shape index (κ2) is 10.9. The molecule has 0 amide bonds. The summed E-state index contributed by atoms with van der Waals surface area (Å²) < 4.78 is 11.2. The van der Waals surface area contributed by atoms with Gasteiger partial charge in [0.05, 0.1) is 0 Å². The normalized spacial score (nSPS) is 25.9. The van der Waals surface area contributed by atoms with E-state index in [0.29, 0.717) is 30.2 Å². The first kappa shape index (κ1) is 18.0. The van der Waals surface area contributed by atoms with Gasteiger partial charge >= 0.3 is 49.9 Å². The van der Waals surface area contributed by atoms with Crippen molar-refractivity contribution in [3.63, 3.8) is 0 Å². The van der Waals surface area contributed by atoms with Crippen molar-refractivity contribution in [1.82, 2.24) is 0 Å². The summed E-state index contributed by atoms with van der Waals surface area (Å²) in [7, 11) is 0. The Kier molecular flexibility index (Phi) is 12.2. The van der Waals surface area contributed by atoms with E-state index < -0.39 is 0 Å². The van der Waals surface area contributed by atoms with Gasteiger partial charge in [0.25, 0.3) is 0 Å². The second-order valence-electron chi connectivity index (χ2n) is 3.92. The molecule has 0 aromatic carbocycles. The maximum absolute atomic E-state index is 5.60. The van der Waals surface area contributed by atoms with E-state index in [4.69, 9.17) is 20.9 Å². The molecule has 0 aromatic heterocycles. The molecule has 0 radical (unpaired) electrons. The number of hydrogen-bond acceptors (Lipinski definition) is 4. The zero-order valence-electron chi connectivity index (χ0n) is 9.47. The molecule has 4 N–H and O–H groups in total. The van der Waals surface area contributed by atoms with Crippen LogP contribution in [0.15, 0.2) is 0 Å². The van der Waals surface area contributed by atoms with Crippen molar-refractivity contribution >= 4 is 38.7 Å². The summed E-state index contributed by atoms with van der Waals surface area (Å²) in [4.78, 5) is 0. The van der Waals surface area contributed by atoms with Crippen LogP contribution in [0.5, 0.6) is 0 Å². The standard InChI is InChI=1S/C9H20N2O2.2HI.Pt/c1-6(2)3-9-12-7(4-10)8(5-11)13-9;;;/h6-9H,3-5,10-11H2,1-2H3;2*1H;/q;;;+2/p-2/t7-,8-;;;/m1.../s1. The topological polar surface area (TPSA) is 70.5 Å². The molecular weight excluding hydrogens is 617 g/mol. The Morgan fingerprint density at radius 3 is 1.75 bits per heavy atom. The average molecular weight is 637 g/mol. The monoisotopic (exact) mass is 637 g/mol. The molecule has 7 heteroatoms. The third-order valence-electron chi connectivity index (χ3n) is 2.20. The molecular formula is C9H20I2N2O2Pt. The van der Waals surface area contributed by atoms with Crippen molar-refractivity contribution in [3.05, 3.63) is 0 Å². The minimum atomic E-state index is -0.109. The molecule has 102 valence electrons. The van der Waals surface area contributed by atoms with Gasteiger partial charge in [-0.2, -0.15) is 0 Å². The van der Waals surface area contributed by atoms with Gasteiger partial charge in [0.2, 0.25) is 0 Å². The quantitative estimate of drug-likeness (QED) is 0.463. The van der Waals surface area contributed by atoms with Gasteiger partial charge < -0.3 is 20.9 Å². The zero-order chi connectivity index (χ0) is 12.6. The molecule has 1 aliphatic rings. The summed E-state index contributed by atoms with van der Waals surface area (Å²) in [6.07, 6.45) is 0.761. The minimum absolute atomic E-state index is 0.0197. The molecule has 4 nitrogen and oxygen atoms in total.